The van der Waals surface area contributed by atoms with Gasteiger partial charge in [0, 0.05) is 41.9 Å². The Morgan fingerprint density at radius 3 is 2.77 bits per heavy atom. The number of hydrogen-bond acceptors (Lipinski definition) is 4. The maximum absolute atomic E-state index is 4.65. The molecule has 3 heterocycles. The van der Waals surface area contributed by atoms with E-state index in [9.17, 15) is 0 Å². The van der Waals surface area contributed by atoms with Gasteiger partial charge in [-0.15, -0.1) is 0 Å². The fourth-order valence-electron chi connectivity index (χ4n) is 3.29. The molecule has 1 atom stereocenters. The fraction of sp³-hybridized carbons (Fsp3) is 0.250. The number of rotatable bonds is 5. The summed E-state index contributed by atoms with van der Waals surface area (Å²) in [6, 6.07) is 12.5. The van der Waals surface area contributed by atoms with E-state index in [1.54, 1.807) is 6.20 Å². The van der Waals surface area contributed by atoms with Crippen LogP contribution in [0.25, 0.3) is 11.3 Å². The largest absolute Gasteiger partial charge is 0.306 e. The van der Waals surface area contributed by atoms with Crippen LogP contribution in [-0.4, -0.2) is 24.4 Å². The lowest BCUT2D eigenvalue weighted by Gasteiger charge is -2.17. The minimum atomic E-state index is 0.163. The zero-order valence-electron chi connectivity index (χ0n) is 15.2. The summed E-state index contributed by atoms with van der Waals surface area (Å²) in [5.74, 6) is 0. The third kappa shape index (κ3) is 2.99. The summed E-state index contributed by atoms with van der Waals surface area (Å²) in [6.07, 6.45) is 5.66. The van der Waals surface area contributed by atoms with Crippen LogP contribution >= 0.6 is 0 Å². The zero-order chi connectivity index (χ0) is 18.1. The summed E-state index contributed by atoms with van der Waals surface area (Å²) in [4.78, 5) is 4.65. The minimum absolute atomic E-state index is 0.163. The first kappa shape index (κ1) is 16.5. The van der Waals surface area contributed by atoms with Gasteiger partial charge in [-0.3, -0.25) is 0 Å². The molecule has 0 aliphatic carbocycles. The second kappa shape index (κ2) is 6.72. The molecule has 0 bridgehead atoms. The Morgan fingerprint density at radius 1 is 1.12 bits per heavy atom. The first-order chi connectivity index (χ1) is 12.6. The Bertz CT molecular complexity index is 1030. The molecule has 132 valence electrons. The third-order valence-corrected chi connectivity index (χ3v) is 4.60. The molecule has 6 nitrogen and oxygen atoms in total. The SMILES string of the molecule is Cc1cc(C)n2ncc(CNC(C)c3ccccc3-n3cccn3)c2n1. The molecule has 6 heteroatoms. The Morgan fingerprint density at radius 2 is 1.96 bits per heavy atom. The summed E-state index contributed by atoms with van der Waals surface area (Å²) in [5, 5.41) is 12.4. The molecule has 0 saturated heterocycles. The van der Waals surface area contributed by atoms with Crippen LogP contribution in [0.1, 0.15) is 35.5 Å². The molecule has 1 unspecified atom stereocenters. The predicted octanol–water partition coefficient (Wildman–Crippen LogP) is 3.38. The van der Waals surface area contributed by atoms with Crippen molar-refractivity contribution in [3.8, 4) is 5.69 Å². The third-order valence-electron chi connectivity index (χ3n) is 4.60. The van der Waals surface area contributed by atoms with E-state index in [0.717, 1.165) is 28.3 Å². The number of fused-ring (bicyclic) bond motifs is 1. The van der Waals surface area contributed by atoms with Crippen LogP contribution in [-0.2, 0) is 6.54 Å². The lowest BCUT2D eigenvalue weighted by Crippen LogP contribution is -2.20. The van der Waals surface area contributed by atoms with Gasteiger partial charge < -0.3 is 5.32 Å². The summed E-state index contributed by atoms with van der Waals surface area (Å²) < 4.78 is 3.80. The molecule has 0 aliphatic rings. The van der Waals surface area contributed by atoms with E-state index >= 15 is 0 Å². The number of aromatic nitrogens is 5. The monoisotopic (exact) mass is 346 g/mol. The molecule has 26 heavy (non-hydrogen) atoms. The quantitative estimate of drug-likeness (QED) is 0.602. The number of aryl methyl sites for hydroxylation is 2. The molecule has 3 aromatic heterocycles. The smallest absolute Gasteiger partial charge is 0.159 e. The van der Waals surface area contributed by atoms with E-state index in [0.29, 0.717) is 6.54 Å². The van der Waals surface area contributed by atoms with Crippen LogP contribution in [0.2, 0.25) is 0 Å². The van der Waals surface area contributed by atoms with E-state index in [1.807, 2.05) is 46.7 Å². The summed E-state index contributed by atoms with van der Waals surface area (Å²) >= 11 is 0. The van der Waals surface area contributed by atoms with Gasteiger partial charge in [0.15, 0.2) is 5.65 Å². The standard InChI is InChI=1S/C20H22N6/c1-14-11-15(2)26-20(24-14)17(13-23-26)12-21-16(3)18-7-4-5-8-19(18)25-10-6-9-22-25/h4-11,13,16,21H,12H2,1-3H3. The van der Waals surface area contributed by atoms with Gasteiger partial charge in [-0.2, -0.15) is 10.2 Å². The van der Waals surface area contributed by atoms with Crippen LogP contribution in [0.15, 0.2) is 55.0 Å². The van der Waals surface area contributed by atoms with Crippen molar-refractivity contribution >= 4 is 5.65 Å². The number of nitrogens with one attached hydrogen (secondary N) is 1. The van der Waals surface area contributed by atoms with Gasteiger partial charge >= 0.3 is 0 Å². The van der Waals surface area contributed by atoms with Crippen LogP contribution in [0, 0.1) is 13.8 Å². The van der Waals surface area contributed by atoms with Gasteiger partial charge in [0.2, 0.25) is 0 Å². The van der Waals surface area contributed by atoms with E-state index in [1.165, 1.54) is 5.56 Å². The van der Waals surface area contributed by atoms with Gasteiger partial charge in [-0.05, 0) is 44.5 Å². The Balaban J connectivity index is 1.58. The molecule has 0 saturated carbocycles. The van der Waals surface area contributed by atoms with Crippen molar-refractivity contribution < 1.29 is 0 Å². The first-order valence-corrected chi connectivity index (χ1v) is 8.76. The maximum Gasteiger partial charge on any atom is 0.159 e. The minimum Gasteiger partial charge on any atom is -0.306 e. The number of benzene rings is 1. The number of nitrogens with zero attached hydrogens (tertiary/aromatic N) is 5. The van der Waals surface area contributed by atoms with Crippen molar-refractivity contribution in [2.45, 2.75) is 33.4 Å². The number of para-hydroxylation sites is 1. The average Bonchev–Trinajstić information content (AvgIpc) is 3.30. The predicted molar refractivity (Wildman–Crippen MR) is 101 cm³/mol. The van der Waals surface area contributed by atoms with E-state index < -0.39 is 0 Å². The van der Waals surface area contributed by atoms with Gasteiger partial charge in [0.1, 0.15) is 0 Å². The molecule has 1 aromatic carbocycles. The number of hydrogen-bond donors (Lipinski definition) is 1. The molecule has 0 amide bonds. The summed E-state index contributed by atoms with van der Waals surface area (Å²) in [5.41, 5.74) is 6.41. The maximum atomic E-state index is 4.65. The second-order valence-corrected chi connectivity index (χ2v) is 6.56. The molecule has 1 N–H and O–H groups in total. The van der Waals surface area contributed by atoms with Gasteiger partial charge in [0.25, 0.3) is 0 Å². The molecule has 0 aliphatic heterocycles. The fourth-order valence-corrected chi connectivity index (χ4v) is 3.29. The average molecular weight is 346 g/mol. The van der Waals surface area contributed by atoms with Gasteiger partial charge in [0.05, 0.1) is 11.9 Å². The lowest BCUT2D eigenvalue weighted by molar-refractivity contribution is 0.572. The van der Waals surface area contributed by atoms with Crippen LogP contribution in [0.4, 0.5) is 0 Å². The summed E-state index contributed by atoms with van der Waals surface area (Å²) in [6.45, 7) is 6.93. The highest BCUT2D eigenvalue weighted by atomic mass is 15.3. The van der Waals surface area contributed by atoms with Crippen LogP contribution < -0.4 is 5.32 Å². The molecule has 0 fully saturated rings. The Labute approximate surface area is 152 Å². The lowest BCUT2D eigenvalue weighted by atomic mass is 10.1. The van der Waals surface area contributed by atoms with E-state index in [4.69, 9.17) is 0 Å². The topological polar surface area (TPSA) is 60.0 Å². The van der Waals surface area contributed by atoms with Crippen LogP contribution in [0.5, 0.6) is 0 Å². The van der Waals surface area contributed by atoms with Crippen molar-refractivity contribution in [3.63, 3.8) is 0 Å². The summed E-state index contributed by atoms with van der Waals surface area (Å²) in [7, 11) is 0. The van der Waals surface area contributed by atoms with E-state index in [2.05, 4.69) is 52.5 Å². The normalized spacial score (nSPS) is 12.6. The Hall–Kier alpha value is -2.99. The molecular formula is C20H22N6. The van der Waals surface area contributed by atoms with Crippen LogP contribution in [0.3, 0.4) is 0 Å². The van der Waals surface area contributed by atoms with Gasteiger partial charge in [-0.25, -0.2) is 14.2 Å². The molecule has 0 radical (unpaired) electrons. The van der Waals surface area contributed by atoms with Crippen molar-refractivity contribution in [2.75, 3.05) is 0 Å². The first-order valence-electron chi connectivity index (χ1n) is 8.76. The highest BCUT2D eigenvalue weighted by Gasteiger charge is 2.14. The van der Waals surface area contributed by atoms with Gasteiger partial charge in [-0.1, -0.05) is 18.2 Å². The zero-order valence-corrected chi connectivity index (χ0v) is 15.2. The molecular weight excluding hydrogens is 324 g/mol. The molecule has 4 rings (SSSR count). The van der Waals surface area contributed by atoms with Crippen molar-refractivity contribution in [1.29, 1.82) is 0 Å². The van der Waals surface area contributed by atoms with Crippen molar-refractivity contribution in [2.24, 2.45) is 0 Å². The molecule has 0 spiro atoms. The van der Waals surface area contributed by atoms with E-state index in [-0.39, 0.29) is 6.04 Å². The molecule has 4 aromatic rings. The Kier molecular flexibility index (Phi) is 4.26. The van der Waals surface area contributed by atoms with Crippen molar-refractivity contribution in [3.05, 3.63) is 77.5 Å². The highest BCUT2D eigenvalue weighted by Crippen LogP contribution is 2.22. The highest BCUT2D eigenvalue weighted by molar-refractivity contribution is 5.48. The second-order valence-electron chi connectivity index (χ2n) is 6.56. The van der Waals surface area contributed by atoms with Crippen molar-refractivity contribution in [1.82, 2.24) is 29.7 Å².